The summed E-state index contributed by atoms with van der Waals surface area (Å²) in [7, 11) is -1.37. The minimum Gasteiger partial charge on any atom is -0.437 e. The van der Waals surface area contributed by atoms with Crippen molar-refractivity contribution in [3.63, 3.8) is 0 Å². The van der Waals surface area contributed by atoms with Gasteiger partial charge in [-0.3, -0.25) is 0 Å². The lowest BCUT2D eigenvalue weighted by Gasteiger charge is -2.32. The molecule has 3 aromatic carbocycles. The molecule has 1 fully saturated rings. The number of hydrogen-bond acceptors (Lipinski definition) is 2. The third kappa shape index (κ3) is 6.66. The third-order valence-electron chi connectivity index (χ3n) is 13.4. The molecule has 0 amide bonds. The van der Waals surface area contributed by atoms with E-state index < -0.39 is 8.07 Å². The fourth-order valence-corrected chi connectivity index (χ4v) is 11.7. The zero-order chi connectivity index (χ0) is 39.7. The largest absolute Gasteiger partial charge is 0.437 e. The first-order valence-corrected chi connectivity index (χ1v) is 25.1. The van der Waals surface area contributed by atoms with Gasteiger partial charge < -0.3 is 4.42 Å². The van der Waals surface area contributed by atoms with E-state index in [0.717, 1.165) is 54.1 Å². The Hall–Kier alpha value is -4.87. The SMILES string of the molecule is C=CC1=[N+](CC[Si](C)(C)C)C2C(=C)[n+]3ccc(CC4CCCC4)cc3-c3c(cc(C)c4c3oc3nc(-c5c(C)cc(C)cc5C)ccc34)CCC2c2ccccc21. The standard InChI is InChI=1S/C52H59N3OSi/c1-10-45-41-18-14-13-17-40(41)42-20-19-39-29-35(5)48-43-21-22-44(47-33(3)27-32(2)28-34(47)4)53-52(43)56-51(48)49(39)46-31-38(30-37-15-11-12-16-37)23-24-54(46)36(6)50(42)55(45)25-26-57(7,8)9/h10,13-14,17-18,21-24,27-29,31,37,42,50H,1,6,11-12,15-16,19-20,25-26,30H2,2-5,7-9H3/q+2. The van der Waals surface area contributed by atoms with Gasteiger partial charge in [-0.15, -0.1) is 0 Å². The molecule has 4 nitrogen and oxygen atoms in total. The van der Waals surface area contributed by atoms with Crippen LogP contribution in [0.3, 0.4) is 0 Å². The number of benzene rings is 3. The third-order valence-corrected chi connectivity index (χ3v) is 15.2. The predicted molar refractivity (Wildman–Crippen MR) is 241 cm³/mol. The summed E-state index contributed by atoms with van der Waals surface area (Å²) in [4.78, 5) is 5.29. The van der Waals surface area contributed by atoms with Crippen molar-refractivity contribution < 1.29 is 13.6 Å². The Kier molecular flexibility index (Phi) is 9.59. The number of aryl methyl sites for hydroxylation is 5. The molecule has 3 aliphatic rings. The van der Waals surface area contributed by atoms with Gasteiger partial charge in [-0.05, 0) is 111 Å². The summed E-state index contributed by atoms with van der Waals surface area (Å²) in [5.74, 6) is 1.01. The Balaban J connectivity index is 1.29. The molecule has 0 spiro atoms. The number of furan rings is 1. The highest BCUT2D eigenvalue weighted by Gasteiger charge is 2.48. The van der Waals surface area contributed by atoms with E-state index in [1.807, 2.05) is 0 Å². The minimum absolute atomic E-state index is 0.0838. The maximum absolute atomic E-state index is 7.13. The van der Waals surface area contributed by atoms with Crippen LogP contribution in [-0.2, 0) is 12.8 Å². The Morgan fingerprint density at radius 1 is 0.877 bits per heavy atom. The zero-order valence-corrected chi connectivity index (χ0v) is 36.3. The highest BCUT2D eigenvalue weighted by Crippen LogP contribution is 2.45. The molecule has 1 aliphatic carbocycles. The Bertz CT molecular complexity index is 2620. The van der Waals surface area contributed by atoms with E-state index in [9.17, 15) is 0 Å². The molecule has 3 aromatic heterocycles. The van der Waals surface area contributed by atoms with Crippen LogP contribution in [0.5, 0.6) is 0 Å². The highest BCUT2D eigenvalue weighted by atomic mass is 28.3. The molecule has 0 radical (unpaired) electrons. The molecule has 0 saturated heterocycles. The summed E-state index contributed by atoms with van der Waals surface area (Å²) in [6.45, 7) is 26.8. The number of allylic oxidation sites excluding steroid dienone is 1. The van der Waals surface area contributed by atoms with Crippen molar-refractivity contribution in [1.29, 1.82) is 0 Å². The number of aromatic nitrogens is 2. The normalized spacial score (nSPS) is 18.5. The Morgan fingerprint density at radius 2 is 1.63 bits per heavy atom. The molecular formula is C52H59N3OSi+2. The minimum atomic E-state index is -1.37. The van der Waals surface area contributed by atoms with Crippen LogP contribution in [0.2, 0.25) is 25.7 Å². The number of hydrogen-bond donors (Lipinski definition) is 0. The Morgan fingerprint density at radius 3 is 2.37 bits per heavy atom. The summed E-state index contributed by atoms with van der Waals surface area (Å²) in [6.07, 6.45) is 12.8. The number of nitrogens with zero attached hydrogens (tertiary/aromatic N) is 3. The van der Waals surface area contributed by atoms with E-state index in [2.05, 4.69) is 142 Å². The first kappa shape index (κ1) is 37.7. The van der Waals surface area contributed by atoms with Crippen LogP contribution >= 0.6 is 0 Å². The summed E-state index contributed by atoms with van der Waals surface area (Å²) in [5, 5.41) is 2.24. The van der Waals surface area contributed by atoms with E-state index in [0.29, 0.717) is 5.71 Å². The lowest BCUT2D eigenvalue weighted by Crippen LogP contribution is -2.50. The van der Waals surface area contributed by atoms with Crippen molar-refractivity contribution in [2.24, 2.45) is 5.92 Å². The van der Waals surface area contributed by atoms with E-state index in [-0.39, 0.29) is 12.0 Å². The van der Waals surface area contributed by atoms with Crippen molar-refractivity contribution in [3.8, 4) is 22.5 Å². The van der Waals surface area contributed by atoms with Gasteiger partial charge in [0.1, 0.15) is 6.54 Å². The van der Waals surface area contributed by atoms with Gasteiger partial charge in [0.25, 0.3) is 0 Å². The summed E-state index contributed by atoms with van der Waals surface area (Å²) < 4.78 is 12.3. The molecule has 0 N–H and O–H groups in total. The monoisotopic (exact) mass is 769 g/mol. The van der Waals surface area contributed by atoms with Crippen LogP contribution in [-0.4, -0.2) is 35.9 Å². The second kappa shape index (κ2) is 14.5. The van der Waals surface area contributed by atoms with Gasteiger partial charge >= 0.3 is 0 Å². The average molecular weight is 770 g/mol. The topological polar surface area (TPSA) is 32.9 Å². The summed E-state index contributed by atoms with van der Waals surface area (Å²) >= 11 is 0. The molecule has 57 heavy (non-hydrogen) atoms. The van der Waals surface area contributed by atoms with Crippen molar-refractivity contribution in [1.82, 2.24) is 4.98 Å². The molecule has 2 atom stereocenters. The van der Waals surface area contributed by atoms with E-state index in [1.165, 1.54) is 104 Å². The molecule has 290 valence electrons. The molecule has 2 aliphatic heterocycles. The molecular weight excluding hydrogens is 711 g/mol. The first-order chi connectivity index (χ1) is 27.4. The fourth-order valence-electron chi connectivity index (χ4n) is 10.8. The van der Waals surface area contributed by atoms with Gasteiger partial charge in [0.2, 0.25) is 28.9 Å². The van der Waals surface area contributed by atoms with Crippen molar-refractivity contribution in [2.75, 3.05) is 6.54 Å². The van der Waals surface area contributed by atoms with Crippen LogP contribution in [0.15, 0.2) is 96.6 Å². The van der Waals surface area contributed by atoms with Crippen LogP contribution in [0.25, 0.3) is 50.3 Å². The predicted octanol–water partition coefficient (Wildman–Crippen LogP) is 12.5. The average Bonchev–Trinajstić information content (AvgIpc) is 3.83. The van der Waals surface area contributed by atoms with E-state index in [4.69, 9.17) is 16.0 Å². The van der Waals surface area contributed by atoms with Crippen LogP contribution in [0, 0.1) is 33.6 Å². The van der Waals surface area contributed by atoms with Gasteiger partial charge in [-0.1, -0.05) is 93.9 Å². The number of pyridine rings is 2. The van der Waals surface area contributed by atoms with Gasteiger partial charge in [0.15, 0.2) is 11.8 Å². The second-order valence-electron chi connectivity index (χ2n) is 18.8. The van der Waals surface area contributed by atoms with Gasteiger partial charge in [0, 0.05) is 46.2 Å². The molecule has 0 bridgehead atoms. The van der Waals surface area contributed by atoms with E-state index in [1.54, 1.807) is 0 Å². The van der Waals surface area contributed by atoms with Crippen molar-refractivity contribution >= 4 is 41.6 Å². The molecule has 5 heterocycles. The first-order valence-electron chi connectivity index (χ1n) is 21.4. The lowest BCUT2D eigenvalue weighted by atomic mass is 9.78. The summed E-state index contributed by atoms with van der Waals surface area (Å²) in [5.41, 5.74) is 19.0. The van der Waals surface area contributed by atoms with Crippen LogP contribution < -0.4 is 4.57 Å². The fraction of sp³-hybridized carbons (Fsp3) is 0.365. The van der Waals surface area contributed by atoms with Crippen molar-refractivity contribution in [3.05, 3.63) is 137 Å². The smallest absolute Gasteiger partial charge is 0.249 e. The van der Waals surface area contributed by atoms with Crippen LogP contribution in [0.4, 0.5) is 0 Å². The Labute approximate surface area is 340 Å². The van der Waals surface area contributed by atoms with E-state index >= 15 is 0 Å². The maximum Gasteiger partial charge on any atom is 0.249 e. The maximum atomic E-state index is 7.13. The number of fused-ring (bicyclic) bond motifs is 10. The van der Waals surface area contributed by atoms with Gasteiger partial charge in [-0.2, -0.15) is 4.57 Å². The van der Waals surface area contributed by atoms with Gasteiger partial charge in [0.05, 0.1) is 25.2 Å². The van der Waals surface area contributed by atoms with Gasteiger partial charge in [-0.25, -0.2) is 9.56 Å². The highest BCUT2D eigenvalue weighted by molar-refractivity contribution is 6.76. The van der Waals surface area contributed by atoms with Crippen LogP contribution in [0.1, 0.15) is 82.5 Å². The number of rotatable bonds is 7. The zero-order valence-electron chi connectivity index (χ0n) is 35.3. The molecule has 9 rings (SSSR count). The lowest BCUT2D eigenvalue weighted by molar-refractivity contribution is -0.622. The molecule has 6 aromatic rings. The molecule has 5 heteroatoms. The second-order valence-corrected chi connectivity index (χ2v) is 24.4. The summed E-state index contributed by atoms with van der Waals surface area (Å²) in [6, 6.07) is 26.7. The van der Waals surface area contributed by atoms with Crippen molar-refractivity contribution in [2.45, 2.75) is 110 Å². The molecule has 1 saturated carbocycles. The molecule has 2 unspecified atom stereocenters. The quantitative estimate of drug-likeness (QED) is 0.120.